The highest BCUT2D eigenvalue weighted by Gasteiger charge is 2.31. The van der Waals surface area contributed by atoms with Crippen LogP contribution in [0, 0.1) is 0 Å². The number of carbonyl (C=O) groups excluding carboxylic acids is 1. The van der Waals surface area contributed by atoms with Crippen molar-refractivity contribution in [1.29, 1.82) is 0 Å². The molecule has 9 heteroatoms. The van der Waals surface area contributed by atoms with Crippen LogP contribution in [0.5, 0.6) is 0 Å². The number of nitrogens with zero attached hydrogens (tertiary/aromatic N) is 1. The van der Waals surface area contributed by atoms with Gasteiger partial charge in [0.1, 0.15) is 0 Å². The molecule has 5 nitrogen and oxygen atoms in total. The molecule has 0 bridgehead atoms. The molecule has 2 N–H and O–H groups in total. The minimum Gasteiger partial charge on any atom is -0.366 e. The summed E-state index contributed by atoms with van der Waals surface area (Å²) in [5, 5.41) is 0.912. The first-order valence-corrected chi connectivity index (χ1v) is 11.1. The van der Waals surface area contributed by atoms with Gasteiger partial charge in [-0.2, -0.15) is 13.2 Å². The van der Waals surface area contributed by atoms with E-state index in [1.807, 2.05) is 0 Å². The summed E-state index contributed by atoms with van der Waals surface area (Å²) in [6.07, 6.45) is -3.46. The fourth-order valence-electron chi connectivity index (χ4n) is 3.75. The standard InChI is InChI=1S/C22H17F3N2O3S/c1-31(29,30)15-5-2-4-13(10-15)12-27-18-7-3-6-17(21(26)28)20(18)16-9-8-14(11-19(16)27)22(23,24)25/h2-11H,12H2,1H3,(H2,26,28). The van der Waals surface area contributed by atoms with Crippen LogP contribution in [-0.2, 0) is 22.6 Å². The Bertz CT molecular complexity index is 1450. The molecule has 0 unspecified atom stereocenters. The minimum atomic E-state index is -4.54. The third kappa shape index (κ3) is 3.76. The topological polar surface area (TPSA) is 82.2 Å². The lowest BCUT2D eigenvalue weighted by Crippen LogP contribution is -2.11. The summed E-state index contributed by atoms with van der Waals surface area (Å²) in [5.74, 6) is -0.691. The summed E-state index contributed by atoms with van der Waals surface area (Å²) in [5.41, 5.74) is 6.26. The zero-order valence-electron chi connectivity index (χ0n) is 16.3. The number of carbonyl (C=O) groups is 1. The fraction of sp³-hybridized carbons (Fsp3) is 0.136. The van der Waals surface area contributed by atoms with E-state index < -0.39 is 27.5 Å². The number of hydrogen-bond donors (Lipinski definition) is 1. The van der Waals surface area contributed by atoms with Gasteiger partial charge in [0.05, 0.1) is 21.5 Å². The van der Waals surface area contributed by atoms with Gasteiger partial charge >= 0.3 is 6.18 Å². The molecule has 0 fully saturated rings. The summed E-state index contributed by atoms with van der Waals surface area (Å²) >= 11 is 0. The highest BCUT2D eigenvalue weighted by Crippen LogP contribution is 2.37. The number of primary amides is 1. The summed E-state index contributed by atoms with van der Waals surface area (Å²) in [4.78, 5) is 12.1. The van der Waals surface area contributed by atoms with Crippen LogP contribution in [0.25, 0.3) is 21.8 Å². The van der Waals surface area contributed by atoms with E-state index in [0.29, 0.717) is 21.9 Å². The van der Waals surface area contributed by atoms with Gasteiger partial charge in [0, 0.05) is 29.1 Å². The third-order valence-corrected chi connectivity index (χ3v) is 6.26. The van der Waals surface area contributed by atoms with Gasteiger partial charge in [0.15, 0.2) is 9.84 Å². The number of fused-ring (bicyclic) bond motifs is 3. The summed E-state index contributed by atoms with van der Waals surface area (Å²) < 4.78 is 65.6. The monoisotopic (exact) mass is 446 g/mol. The number of hydrogen-bond acceptors (Lipinski definition) is 3. The molecule has 1 heterocycles. The molecule has 31 heavy (non-hydrogen) atoms. The Morgan fingerprint density at radius 1 is 1.00 bits per heavy atom. The van der Waals surface area contributed by atoms with Crippen molar-refractivity contribution in [2.75, 3.05) is 6.26 Å². The predicted molar refractivity (Wildman–Crippen MR) is 112 cm³/mol. The number of amides is 1. The van der Waals surface area contributed by atoms with Crippen LogP contribution in [0.2, 0.25) is 0 Å². The van der Waals surface area contributed by atoms with Crippen molar-refractivity contribution in [3.05, 3.63) is 77.4 Å². The molecule has 160 valence electrons. The average Bonchev–Trinajstić information content (AvgIpc) is 3.00. The van der Waals surface area contributed by atoms with Crippen molar-refractivity contribution in [2.45, 2.75) is 17.6 Å². The maximum absolute atomic E-state index is 13.4. The molecular formula is C22H17F3N2O3S. The molecule has 1 amide bonds. The molecule has 0 aliphatic heterocycles. The fourth-order valence-corrected chi connectivity index (χ4v) is 4.44. The van der Waals surface area contributed by atoms with Crippen LogP contribution in [-0.4, -0.2) is 25.1 Å². The normalized spacial score (nSPS) is 12.5. The van der Waals surface area contributed by atoms with Gasteiger partial charge in [-0.1, -0.05) is 24.3 Å². The summed E-state index contributed by atoms with van der Waals surface area (Å²) in [7, 11) is -3.45. The van der Waals surface area contributed by atoms with Gasteiger partial charge in [-0.3, -0.25) is 4.79 Å². The van der Waals surface area contributed by atoms with Crippen molar-refractivity contribution in [3.8, 4) is 0 Å². The quantitative estimate of drug-likeness (QED) is 0.506. The van der Waals surface area contributed by atoms with Crippen LogP contribution in [0.3, 0.4) is 0 Å². The second kappa shape index (κ2) is 7.12. The van der Waals surface area contributed by atoms with Gasteiger partial charge in [0.25, 0.3) is 0 Å². The van der Waals surface area contributed by atoms with Crippen molar-refractivity contribution < 1.29 is 26.4 Å². The highest BCUT2D eigenvalue weighted by atomic mass is 32.2. The molecule has 0 aliphatic carbocycles. The third-order valence-electron chi connectivity index (χ3n) is 5.15. The Balaban J connectivity index is 2.02. The van der Waals surface area contributed by atoms with Gasteiger partial charge in [-0.15, -0.1) is 0 Å². The molecule has 0 aliphatic rings. The van der Waals surface area contributed by atoms with Crippen LogP contribution < -0.4 is 5.73 Å². The van der Waals surface area contributed by atoms with Gasteiger partial charge in [-0.05, 0) is 42.0 Å². The lowest BCUT2D eigenvalue weighted by atomic mass is 10.0. The molecule has 0 spiro atoms. The Kier molecular flexibility index (Phi) is 4.81. The van der Waals surface area contributed by atoms with Crippen molar-refractivity contribution >= 4 is 37.6 Å². The first-order chi connectivity index (χ1) is 14.5. The summed E-state index contributed by atoms with van der Waals surface area (Å²) in [6.45, 7) is 0.104. The molecule has 0 atom stereocenters. The number of benzene rings is 3. The largest absolute Gasteiger partial charge is 0.416 e. The van der Waals surface area contributed by atoms with Gasteiger partial charge < -0.3 is 10.3 Å². The van der Waals surface area contributed by atoms with Gasteiger partial charge in [-0.25, -0.2) is 8.42 Å². The SMILES string of the molecule is CS(=O)(=O)c1cccc(Cn2c3cc(C(F)(F)F)ccc3c3c(C(N)=O)cccc32)c1. The second-order valence-corrected chi connectivity index (χ2v) is 9.32. The molecule has 0 saturated carbocycles. The molecule has 1 aromatic heterocycles. The van der Waals surface area contributed by atoms with Crippen molar-refractivity contribution in [2.24, 2.45) is 5.73 Å². The first-order valence-electron chi connectivity index (χ1n) is 9.18. The van der Waals surface area contributed by atoms with E-state index in [1.165, 1.54) is 24.3 Å². The predicted octanol–water partition coefficient (Wildman–Crippen LogP) is 4.36. The molecule has 0 saturated heterocycles. The van der Waals surface area contributed by atoms with Crippen molar-refractivity contribution in [1.82, 2.24) is 4.57 Å². The second-order valence-electron chi connectivity index (χ2n) is 7.30. The Hall–Kier alpha value is -3.33. The van der Waals surface area contributed by atoms with Crippen LogP contribution in [0.1, 0.15) is 21.5 Å². The zero-order valence-corrected chi connectivity index (χ0v) is 17.1. The lowest BCUT2D eigenvalue weighted by Gasteiger charge is -2.11. The van der Waals surface area contributed by atoms with E-state index in [0.717, 1.165) is 18.4 Å². The number of alkyl halides is 3. The Morgan fingerprint density at radius 2 is 1.71 bits per heavy atom. The number of aromatic nitrogens is 1. The molecular weight excluding hydrogens is 429 g/mol. The Labute approximate surface area is 175 Å². The van der Waals surface area contributed by atoms with Crippen LogP contribution >= 0.6 is 0 Å². The maximum Gasteiger partial charge on any atom is 0.416 e. The van der Waals surface area contributed by atoms with Crippen molar-refractivity contribution in [3.63, 3.8) is 0 Å². The van der Waals surface area contributed by atoms with E-state index in [2.05, 4.69) is 0 Å². The molecule has 4 aromatic rings. The average molecular weight is 446 g/mol. The van der Waals surface area contributed by atoms with Crippen LogP contribution in [0.15, 0.2) is 65.6 Å². The van der Waals surface area contributed by atoms with E-state index in [4.69, 9.17) is 5.73 Å². The molecule has 3 aromatic carbocycles. The Morgan fingerprint density at radius 3 is 2.35 bits per heavy atom. The van der Waals surface area contributed by atoms with Crippen LogP contribution in [0.4, 0.5) is 13.2 Å². The van der Waals surface area contributed by atoms with E-state index >= 15 is 0 Å². The molecule has 4 rings (SSSR count). The van der Waals surface area contributed by atoms with E-state index in [1.54, 1.807) is 28.8 Å². The first kappa shape index (κ1) is 20.9. The minimum absolute atomic E-state index is 0.104. The number of nitrogens with two attached hydrogens (primary N) is 1. The number of sulfone groups is 1. The lowest BCUT2D eigenvalue weighted by molar-refractivity contribution is -0.137. The summed E-state index contributed by atoms with van der Waals surface area (Å²) in [6, 6.07) is 14.4. The highest BCUT2D eigenvalue weighted by molar-refractivity contribution is 7.90. The maximum atomic E-state index is 13.4. The number of rotatable bonds is 4. The van der Waals surface area contributed by atoms with E-state index in [-0.39, 0.29) is 22.5 Å². The zero-order chi connectivity index (χ0) is 22.6. The van der Waals surface area contributed by atoms with Gasteiger partial charge in [0.2, 0.25) is 5.91 Å². The van der Waals surface area contributed by atoms with E-state index in [9.17, 15) is 26.4 Å². The number of halogens is 3. The smallest absolute Gasteiger partial charge is 0.366 e. The molecule has 0 radical (unpaired) electrons.